The second-order valence-corrected chi connectivity index (χ2v) is 4.58. The molecule has 2 nitrogen and oxygen atoms in total. The van der Waals surface area contributed by atoms with Crippen molar-refractivity contribution >= 4 is 0 Å². The summed E-state index contributed by atoms with van der Waals surface area (Å²) in [6.07, 6.45) is 1.21. The monoisotopic (exact) mass is 166 g/mol. The smallest absolute Gasteiger partial charge is 0.0953 e. The average molecular weight is 166 g/mol. The summed E-state index contributed by atoms with van der Waals surface area (Å²) in [6, 6.07) is 2.37. The molecule has 0 aliphatic carbocycles. The fraction of sp³-hybridized carbons (Fsp3) is 0.900. The molecular formula is C10H18N2. The van der Waals surface area contributed by atoms with Gasteiger partial charge in [0.15, 0.2) is 0 Å². The lowest BCUT2D eigenvalue weighted by molar-refractivity contribution is 0.152. The van der Waals surface area contributed by atoms with Gasteiger partial charge in [0, 0.05) is 12.1 Å². The molecule has 1 aliphatic rings. The lowest BCUT2D eigenvalue weighted by atomic mass is 9.97. The molecule has 12 heavy (non-hydrogen) atoms. The van der Waals surface area contributed by atoms with Gasteiger partial charge in [-0.3, -0.25) is 4.90 Å². The predicted molar refractivity (Wildman–Crippen MR) is 49.6 cm³/mol. The Balaban J connectivity index is 2.72. The van der Waals surface area contributed by atoms with Crippen molar-refractivity contribution in [2.45, 2.75) is 45.7 Å². The molecule has 0 bridgehead atoms. The van der Waals surface area contributed by atoms with Crippen LogP contribution in [0.25, 0.3) is 0 Å². The Hall–Kier alpha value is -0.550. The second-order valence-electron chi connectivity index (χ2n) is 4.58. The molecule has 2 unspecified atom stereocenters. The Morgan fingerprint density at radius 2 is 2.17 bits per heavy atom. The number of likely N-dealkylation sites (tertiary alicyclic amines) is 1. The van der Waals surface area contributed by atoms with Crippen molar-refractivity contribution in [2.24, 2.45) is 5.92 Å². The van der Waals surface area contributed by atoms with Gasteiger partial charge in [0.25, 0.3) is 0 Å². The van der Waals surface area contributed by atoms with Crippen LogP contribution < -0.4 is 0 Å². The molecule has 0 aromatic rings. The SMILES string of the molecule is CC1CN(C(C)C#N)C(C)(C)C1. The zero-order valence-electron chi connectivity index (χ0n) is 8.46. The van der Waals surface area contributed by atoms with Gasteiger partial charge in [0.2, 0.25) is 0 Å². The first-order valence-electron chi connectivity index (χ1n) is 4.64. The van der Waals surface area contributed by atoms with E-state index in [0.29, 0.717) is 0 Å². The lowest BCUT2D eigenvalue weighted by Gasteiger charge is -2.33. The summed E-state index contributed by atoms with van der Waals surface area (Å²) in [4.78, 5) is 2.30. The number of hydrogen-bond acceptors (Lipinski definition) is 2. The molecule has 1 rings (SSSR count). The molecule has 0 spiro atoms. The molecule has 2 atom stereocenters. The first-order chi connectivity index (χ1) is 5.47. The summed E-state index contributed by atoms with van der Waals surface area (Å²) in [5.74, 6) is 0.732. The Labute approximate surface area is 75.2 Å². The summed E-state index contributed by atoms with van der Waals surface area (Å²) in [5, 5.41) is 8.82. The fourth-order valence-corrected chi connectivity index (χ4v) is 2.37. The van der Waals surface area contributed by atoms with Crippen LogP contribution in [0.2, 0.25) is 0 Å². The standard InChI is InChI=1S/C10H18N2/c1-8-5-10(3,4)12(7-8)9(2)6-11/h8-9H,5,7H2,1-4H3. The molecule has 0 radical (unpaired) electrons. The van der Waals surface area contributed by atoms with E-state index >= 15 is 0 Å². The molecule has 0 amide bonds. The number of nitrogens with zero attached hydrogens (tertiary/aromatic N) is 2. The molecule has 1 heterocycles. The molecule has 0 aromatic carbocycles. The van der Waals surface area contributed by atoms with Gasteiger partial charge in [-0.25, -0.2) is 0 Å². The van der Waals surface area contributed by atoms with E-state index in [1.165, 1.54) is 6.42 Å². The van der Waals surface area contributed by atoms with E-state index in [1.807, 2.05) is 6.92 Å². The van der Waals surface area contributed by atoms with Gasteiger partial charge in [-0.05, 0) is 33.1 Å². The third-order valence-electron chi connectivity index (χ3n) is 2.79. The maximum Gasteiger partial charge on any atom is 0.0953 e. The fourth-order valence-electron chi connectivity index (χ4n) is 2.37. The number of nitriles is 1. The van der Waals surface area contributed by atoms with Crippen molar-refractivity contribution in [3.05, 3.63) is 0 Å². The van der Waals surface area contributed by atoms with Crippen LogP contribution in [0.15, 0.2) is 0 Å². The average Bonchev–Trinajstić information content (AvgIpc) is 2.23. The topological polar surface area (TPSA) is 27.0 Å². The zero-order valence-corrected chi connectivity index (χ0v) is 8.46. The van der Waals surface area contributed by atoms with Gasteiger partial charge >= 0.3 is 0 Å². The van der Waals surface area contributed by atoms with Crippen molar-refractivity contribution in [1.29, 1.82) is 5.26 Å². The minimum Gasteiger partial charge on any atom is -0.283 e. The highest BCUT2D eigenvalue weighted by molar-refractivity contribution is 5.00. The van der Waals surface area contributed by atoms with Crippen LogP contribution in [0, 0.1) is 17.2 Å². The van der Waals surface area contributed by atoms with Crippen LogP contribution >= 0.6 is 0 Å². The van der Waals surface area contributed by atoms with Gasteiger partial charge < -0.3 is 0 Å². The summed E-state index contributed by atoms with van der Waals surface area (Å²) < 4.78 is 0. The maximum atomic E-state index is 8.82. The number of rotatable bonds is 1. The predicted octanol–water partition coefficient (Wildman–Crippen LogP) is 2.02. The third kappa shape index (κ3) is 1.61. The van der Waals surface area contributed by atoms with Crippen molar-refractivity contribution < 1.29 is 0 Å². The summed E-state index contributed by atoms with van der Waals surface area (Å²) in [7, 11) is 0. The molecule has 0 aromatic heterocycles. The Morgan fingerprint density at radius 1 is 1.58 bits per heavy atom. The molecule has 68 valence electrons. The Bertz CT molecular complexity index is 202. The summed E-state index contributed by atoms with van der Waals surface area (Å²) in [6.45, 7) is 9.77. The third-order valence-corrected chi connectivity index (χ3v) is 2.79. The first-order valence-corrected chi connectivity index (χ1v) is 4.64. The molecular weight excluding hydrogens is 148 g/mol. The van der Waals surface area contributed by atoms with Crippen LogP contribution in [0.1, 0.15) is 34.1 Å². The maximum absolute atomic E-state index is 8.82. The van der Waals surface area contributed by atoms with E-state index in [1.54, 1.807) is 0 Å². The molecule has 1 saturated heterocycles. The lowest BCUT2D eigenvalue weighted by Crippen LogP contribution is -2.43. The molecule has 0 N–H and O–H groups in total. The minimum atomic E-state index is 0.0601. The highest BCUT2D eigenvalue weighted by atomic mass is 15.2. The van der Waals surface area contributed by atoms with E-state index in [9.17, 15) is 0 Å². The van der Waals surface area contributed by atoms with Gasteiger partial charge in [-0.15, -0.1) is 0 Å². The van der Waals surface area contributed by atoms with Crippen molar-refractivity contribution in [3.63, 3.8) is 0 Å². The van der Waals surface area contributed by atoms with Crippen molar-refractivity contribution in [3.8, 4) is 6.07 Å². The molecule has 0 saturated carbocycles. The van der Waals surface area contributed by atoms with E-state index < -0.39 is 0 Å². The van der Waals surface area contributed by atoms with Gasteiger partial charge in [-0.2, -0.15) is 5.26 Å². The Morgan fingerprint density at radius 3 is 2.50 bits per heavy atom. The molecule has 1 fully saturated rings. The van der Waals surface area contributed by atoms with Gasteiger partial charge in [0.05, 0.1) is 12.1 Å². The van der Waals surface area contributed by atoms with Crippen LogP contribution in [-0.2, 0) is 0 Å². The Kier molecular flexibility index (Phi) is 2.44. The largest absolute Gasteiger partial charge is 0.283 e. The number of hydrogen-bond donors (Lipinski definition) is 0. The summed E-state index contributed by atoms with van der Waals surface area (Å²) >= 11 is 0. The quantitative estimate of drug-likeness (QED) is 0.596. The summed E-state index contributed by atoms with van der Waals surface area (Å²) in [5.41, 5.74) is 0.217. The van der Waals surface area contributed by atoms with Gasteiger partial charge in [-0.1, -0.05) is 6.92 Å². The minimum absolute atomic E-state index is 0.0601. The molecule has 2 heteroatoms. The van der Waals surface area contributed by atoms with Crippen molar-refractivity contribution in [2.75, 3.05) is 6.54 Å². The van der Waals surface area contributed by atoms with Crippen molar-refractivity contribution in [1.82, 2.24) is 4.90 Å². The second kappa shape index (κ2) is 3.06. The normalized spacial score (nSPS) is 31.4. The van der Waals surface area contributed by atoms with E-state index in [2.05, 4.69) is 31.7 Å². The highest BCUT2D eigenvalue weighted by Gasteiger charge is 2.38. The van der Waals surface area contributed by atoms with Gasteiger partial charge in [0.1, 0.15) is 0 Å². The zero-order chi connectivity index (χ0) is 9.35. The highest BCUT2D eigenvalue weighted by Crippen LogP contribution is 2.33. The van der Waals surface area contributed by atoms with E-state index in [-0.39, 0.29) is 11.6 Å². The van der Waals surface area contributed by atoms with Crippen LogP contribution in [0.5, 0.6) is 0 Å². The van der Waals surface area contributed by atoms with Crippen LogP contribution in [0.4, 0.5) is 0 Å². The first kappa shape index (κ1) is 9.54. The molecule has 1 aliphatic heterocycles. The van der Waals surface area contributed by atoms with E-state index in [0.717, 1.165) is 12.5 Å². The van der Waals surface area contributed by atoms with Crippen LogP contribution in [0.3, 0.4) is 0 Å². The van der Waals surface area contributed by atoms with Crippen LogP contribution in [-0.4, -0.2) is 23.0 Å². The van der Waals surface area contributed by atoms with E-state index in [4.69, 9.17) is 5.26 Å².